The van der Waals surface area contributed by atoms with Crippen molar-refractivity contribution in [2.45, 2.75) is 33.7 Å². The van der Waals surface area contributed by atoms with Crippen molar-refractivity contribution in [1.29, 1.82) is 0 Å². The molecule has 1 amide bonds. The molecule has 25 heavy (non-hydrogen) atoms. The number of hydrogen-bond donors (Lipinski definition) is 2. The zero-order valence-electron chi connectivity index (χ0n) is 14.6. The van der Waals surface area contributed by atoms with Crippen LogP contribution in [0.2, 0.25) is 0 Å². The molecule has 2 aromatic rings. The summed E-state index contributed by atoms with van der Waals surface area (Å²) >= 11 is 0. The first-order valence-electron chi connectivity index (χ1n) is 7.85. The highest BCUT2D eigenvalue weighted by molar-refractivity contribution is 5.96. The summed E-state index contributed by atoms with van der Waals surface area (Å²) in [4.78, 5) is 35.1. The summed E-state index contributed by atoms with van der Waals surface area (Å²) in [5.41, 5.74) is -1.60. The molecule has 0 unspecified atom stereocenters. The molecule has 1 heterocycles. The second kappa shape index (κ2) is 6.96. The Balaban J connectivity index is 2.28. The number of nitrogens with one attached hydrogen (secondary N) is 1. The lowest BCUT2D eigenvalue weighted by molar-refractivity contribution is -0.148. The third-order valence-corrected chi connectivity index (χ3v) is 3.55. The Morgan fingerprint density at radius 1 is 1.28 bits per heavy atom. The first kappa shape index (κ1) is 18.5. The van der Waals surface area contributed by atoms with Crippen LogP contribution < -0.4 is 15.7 Å². The molecular weight excluding hydrogens is 326 g/mol. The van der Waals surface area contributed by atoms with E-state index in [9.17, 15) is 14.4 Å². The van der Waals surface area contributed by atoms with Crippen LogP contribution in [0.1, 0.15) is 38.1 Å². The summed E-state index contributed by atoms with van der Waals surface area (Å²) in [5.74, 6) is -1.08. The maximum atomic E-state index is 12.0. The van der Waals surface area contributed by atoms with Crippen molar-refractivity contribution < 1.29 is 23.8 Å². The molecule has 0 aliphatic heterocycles. The van der Waals surface area contributed by atoms with Crippen LogP contribution in [0.25, 0.3) is 11.0 Å². The molecule has 0 saturated carbocycles. The van der Waals surface area contributed by atoms with Gasteiger partial charge in [0.2, 0.25) is 0 Å². The number of rotatable bonds is 6. The summed E-state index contributed by atoms with van der Waals surface area (Å²) in [5, 5.41) is 12.3. The third kappa shape index (κ3) is 4.37. The molecule has 1 aromatic carbocycles. The fraction of sp³-hybridized carbons (Fsp3) is 0.389. The molecule has 1 aromatic heterocycles. The lowest BCUT2D eigenvalue weighted by Crippen LogP contribution is -2.33. The van der Waals surface area contributed by atoms with E-state index in [1.54, 1.807) is 39.8 Å². The molecule has 0 bridgehead atoms. The first-order chi connectivity index (χ1) is 11.6. The third-order valence-electron chi connectivity index (χ3n) is 3.55. The number of carbonyl (C=O) groups excluding carboxylic acids is 1. The topological polar surface area (TPSA) is 106 Å². The molecule has 0 atom stereocenters. The standard InChI is InChI=1S/C18H21NO6/c1-10(2)19-15(20)13-7-11-5-6-12(8-14(11)25-16(13)21)24-9-18(3,4)17(22)23/h5-8,10H,9H2,1-4H3,(H,19,20)(H,22,23). The monoisotopic (exact) mass is 347 g/mol. The highest BCUT2D eigenvalue weighted by atomic mass is 16.5. The predicted molar refractivity (Wildman–Crippen MR) is 92.0 cm³/mol. The van der Waals surface area contributed by atoms with E-state index in [2.05, 4.69) is 5.32 Å². The van der Waals surface area contributed by atoms with Gasteiger partial charge in [-0.3, -0.25) is 9.59 Å². The molecule has 2 N–H and O–H groups in total. The van der Waals surface area contributed by atoms with Gasteiger partial charge in [0.15, 0.2) is 0 Å². The van der Waals surface area contributed by atoms with Crippen molar-refractivity contribution in [2.75, 3.05) is 6.61 Å². The lowest BCUT2D eigenvalue weighted by atomic mass is 9.95. The maximum Gasteiger partial charge on any atom is 0.349 e. The van der Waals surface area contributed by atoms with Crippen molar-refractivity contribution in [2.24, 2.45) is 5.41 Å². The SMILES string of the molecule is CC(C)NC(=O)c1cc2ccc(OCC(C)(C)C(=O)O)cc2oc1=O. The van der Waals surface area contributed by atoms with E-state index in [4.69, 9.17) is 14.3 Å². The number of aliphatic carboxylic acids is 1. The van der Waals surface area contributed by atoms with Gasteiger partial charge in [0.1, 0.15) is 23.5 Å². The molecule has 134 valence electrons. The Hall–Kier alpha value is -2.83. The van der Waals surface area contributed by atoms with Crippen LogP contribution >= 0.6 is 0 Å². The van der Waals surface area contributed by atoms with Gasteiger partial charge in [-0.1, -0.05) is 0 Å². The largest absolute Gasteiger partial charge is 0.492 e. The summed E-state index contributed by atoms with van der Waals surface area (Å²) < 4.78 is 10.7. The van der Waals surface area contributed by atoms with E-state index in [-0.39, 0.29) is 23.8 Å². The number of benzene rings is 1. The summed E-state index contributed by atoms with van der Waals surface area (Å²) in [6.45, 7) is 6.66. The molecule has 0 aliphatic carbocycles. The van der Waals surface area contributed by atoms with Crippen LogP contribution in [0.3, 0.4) is 0 Å². The molecule has 0 radical (unpaired) electrons. The Bertz CT molecular complexity index is 865. The van der Waals surface area contributed by atoms with Crippen molar-refractivity contribution in [3.63, 3.8) is 0 Å². The minimum atomic E-state index is -1.05. The Labute approximate surface area is 144 Å². The normalized spacial score (nSPS) is 11.6. The van der Waals surface area contributed by atoms with Crippen LogP contribution in [0, 0.1) is 5.41 Å². The first-order valence-corrected chi connectivity index (χ1v) is 7.85. The summed E-state index contributed by atoms with van der Waals surface area (Å²) in [6, 6.07) is 6.14. The van der Waals surface area contributed by atoms with E-state index in [1.807, 2.05) is 0 Å². The second-order valence-electron chi connectivity index (χ2n) is 6.75. The molecule has 0 spiro atoms. The van der Waals surface area contributed by atoms with Gasteiger partial charge in [-0.25, -0.2) is 4.79 Å². The van der Waals surface area contributed by atoms with E-state index in [0.717, 1.165) is 0 Å². The van der Waals surface area contributed by atoms with E-state index in [0.29, 0.717) is 11.1 Å². The lowest BCUT2D eigenvalue weighted by Gasteiger charge is -2.19. The van der Waals surface area contributed by atoms with Crippen LogP contribution in [-0.2, 0) is 4.79 Å². The van der Waals surface area contributed by atoms with Gasteiger partial charge >= 0.3 is 11.6 Å². The van der Waals surface area contributed by atoms with E-state index < -0.39 is 22.9 Å². The number of ether oxygens (including phenoxy) is 1. The van der Waals surface area contributed by atoms with Gasteiger partial charge in [-0.05, 0) is 45.9 Å². The van der Waals surface area contributed by atoms with Crippen LogP contribution in [0.4, 0.5) is 0 Å². The molecule has 0 aliphatic rings. The Morgan fingerprint density at radius 2 is 1.96 bits per heavy atom. The van der Waals surface area contributed by atoms with Gasteiger partial charge in [0, 0.05) is 17.5 Å². The number of fused-ring (bicyclic) bond motifs is 1. The Morgan fingerprint density at radius 3 is 2.56 bits per heavy atom. The fourth-order valence-electron chi connectivity index (χ4n) is 2.01. The smallest absolute Gasteiger partial charge is 0.349 e. The molecular formula is C18H21NO6. The van der Waals surface area contributed by atoms with E-state index in [1.165, 1.54) is 12.1 Å². The van der Waals surface area contributed by atoms with Crippen molar-refractivity contribution >= 4 is 22.8 Å². The van der Waals surface area contributed by atoms with Gasteiger partial charge < -0.3 is 19.6 Å². The van der Waals surface area contributed by atoms with Crippen molar-refractivity contribution in [3.8, 4) is 5.75 Å². The van der Waals surface area contributed by atoms with Crippen LogP contribution in [0.15, 0.2) is 33.5 Å². The average Bonchev–Trinajstić information content (AvgIpc) is 2.51. The molecule has 2 rings (SSSR count). The minimum absolute atomic E-state index is 0.0348. The fourth-order valence-corrected chi connectivity index (χ4v) is 2.01. The molecule has 0 fully saturated rings. The van der Waals surface area contributed by atoms with Gasteiger partial charge in [0.05, 0.1) is 5.41 Å². The number of amides is 1. The highest BCUT2D eigenvalue weighted by Crippen LogP contribution is 2.23. The summed E-state index contributed by atoms with van der Waals surface area (Å²) in [6.07, 6.45) is 0. The van der Waals surface area contributed by atoms with E-state index >= 15 is 0 Å². The highest BCUT2D eigenvalue weighted by Gasteiger charge is 2.28. The minimum Gasteiger partial charge on any atom is -0.492 e. The maximum absolute atomic E-state index is 12.0. The molecule has 7 nitrogen and oxygen atoms in total. The van der Waals surface area contributed by atoms with Gasteiger partial charge in [-0.2, -0.15) is 0 Å². The van der Waals surface area contributed by atoms with Gasteiger partial charge in [0.25, 0.3) is 5.91 Å². The van der Waals surface area contributed by atoms with Crippen molar-refractivity contribution in [1.82, 2.24) is 5.32 Å². The van der Waals surface area contributed by atoms with Crippen LogP contribution in [-0.4, -0.2) is 29.6 Å². The zero-order chi connectivity index (χ0) is 18.8. The number of carbonyl (C=O) groups is 2. The zero-order valence-corrected chi connectivity index (χ0v) is 14.6. The van der Waals surface area contributed by atoms with Crippen molar-refractivity contribution in [3.05, 3.63) is 40.2 Å². The predicted octanol–water partition coefficient (Wildman–Crippen LogP) is 2.42. The van der Waals surface area contributed by atoms with Crippen LogP contribution in [0.5, 0.6) is 5.75 Å². The number of hydrogen-bond acceptors (Lipinski definition) is 5. The molecule has 7 heteroatoms. The quantitative estimate of drug-likeness (QED) is 0.777. The molecule has 0 saturated heterocycles. The summed E-state index contributed by atoms with van der Waals surface area (Å²) in [7, 11) is 0. The number of carboxylic acids is 1. The van der Waals surface area contributed by atoms with Gasteiger partial charge in [-0.15, -0.1) is 0 Å². The number of carboxylic acid groups (broad SMARTS) is 1. The average molecular weight is 347 g/mol. The Kier molecular flexibility index (Phi) is 5.15. The second-order valence-corrected chi connectivity index (χ2v) is 6.75.